The number of Topliss-reactive ketones (excluding diaryl/α,β-unsaturated/α-hetero) is 1. The number of ketones is 1. The molecule has 2 heterocycles. The van der Waals surface area contributed by atoms with Gasteiger partial charge in [-0.3, -0.25) is 24.1 Å². The molecule has 7 heteroatoms. The Labute approximate surface area is 161 Å². The Kier molecular flexibility index (Phi) is 4.97. The van der Waals surface area contributed by atoms with Gasteiger partial charge in [0.2, 0.25) is 5.91 Å². The van der Waals surface area contributed by atoms with E-state index in [0.717, 1.165) is 9.78 Å². The second kappa shape index (κ2) is 7.08. The van der Waals surface area contributed by atoms with Gasteiger partial charge in [-0.1, -0.05) is 32.9 Å². The van der Waals surface area contributed by atoms with Gasteiger partial charge < -0.3 is 5.32 Å². The summed E-state index contributed by atoms with van der Waals surface area (Å²) in [5.41, 5.74) is 0.167. The fourth-order valence-electron chi connectivity index (χ4n) is 2.66. The summed E-state index contributed by atoms with van der Waals surface area (Å²) in [7, 11) is 0. The van der Waals surface area contributed by atoms with Crippen LogP contribution in [0.4, 0.5) is 0 Å². The molecule has 0 spiro atoms. The van der Waals surface area contributed by atoms with Gasteiger partial charge >= 0.3 is 0 Å². The van der Waals surface area contributed by atoms with Crippen LogP contribution >= 0.6 is 11.3 Å². The van der Waals surface area contributed by atoms with Gasteiger partial charge in [0.15, 0.2) is 5.78 Å². The number of rotatable bonds is 5. The summed E-state index contributed by atoms with van der Waals surface area (Å²) >= 11 is 1.25. The Morgan fingerprint density at radius 2 is 1.59 bits per heavy atom. The molecule has 2 aromatic rings. The quantitative estimate of drug-likeness (QED) is 0.635. The first-order valence-corrected chi connectivity index (χ1v) is 9.35. The summed E-state index contributed by atoms with van der Waals surface area (Å²) in [6, 6.07) is 9.97. The van der Waals surface area contributed by atoms with Crippen LogP contribution in [-0.2, 0) is 11.3 Å². The number of benzene rings is 1. The van der Waals surface area contributed by atoms with E-state index in [9.17, 15) is 19.2 Å². The maximum atomic E-state index is 12.5. The Morgan fingerprint density at radius 1 is 1.00 bits per heavy atom. The van der Waals surface area contributed by atoms with Crippen LogP contribution in [0.2, 0.25) is 0 Å². The Bertz CT molecular complexity index is 904. The van der Waals surface area contributed by atoms with Gasteiger partial charge in [-0.25, -0.2) is 0 Å². The molecule has 0 bridgehead atoms. The highest BCUT2D eigenvalue weighted by Crippen LogP contribution is 2.24. The smallest absolute Gasteiger partial charge is 0.261 e. The summed E-state index contributed by atoms with van der Waals surface area (Å²) in [5, 5.41) is 2.83. The molecule has 1 N–H and O–H groups in total. The lowest BCUT2D eigenvalue weighted by molar-refractivity contribution is -0.128. The third-order valence-electron chi connectivity index (χ3n) is 4.22. The minimum absolute atomic E-state index is 0.0743. The molecule has 0 radical (unpaired) electrons. The monoisotopic (exact) mass is 384 g/mol. The molecule has 0 unspecified atom stereocenters. The van der Waals surface area contributed by atoms with Gasteiger partial charge in [-0.2, -0.15) is 0 Å². The number of nitrogens with zero attached hydrogens (tertiary/aromatic N) is 1. The van der Waals surface area contributed by atoms with Crippen LogP contribution in [-0.4, -0.2) is 34.9 Å². The number of amides is 3. The third kappa shape index (κ3) is 3.83. The second-order valence-electron chi connectivity index (χ2n) is 7.36. The van der Waals surface area contributed by atoms with Crippen LogP contribution in [0.5, 0.6) is 0 Å². The van der Waals surface area contributed by atoms with Gasteiger partial charge in [0.1, 0.15) is 0 Å². The van der Waals surface area contributed by atoms with Crippen molar-refractivity contribution in [3.63, 3.8) is 0 Å². The van der Waals surface area contributed by atoms with E-state index in [2.05, 4.69) is 5.32 Å². The average Bonchev–Trinajstić information content (AvgIpc) is 3.19. The van der Waals surface area contributed by atoms with Crippen molar-refractivity contribution < 1.29 is 19.2 Å². The van der Waals surface area contributed by atoms with E-state index >= 15 is 0 Å². The summed E-state index contributed by atoms with van der Waals surface area (Å²) < 4.78 is 0. The molecule has 3 amide bonds. The average molecular weight is 384 g/mol. The molecular weight excluding hydrogens is 364 g/mol. The van der Waals surface area contributed by atoms with Crippen molar-refractivity contribution in [2.75, 3.05) is 6.54 Å². The fraction of sp³-hybridized carbons (Fsp3) is 0.300. The molecule has 0 aliphatic carbocycles. The first-order chi connectivity index (χ1) is 12.7. The Morgan fingerprint density at radius 3 is 2.15 bits per heavy atom. The molecule has 0 atom stereocenters. The molecule has 1 aromatic heterocycles. The van der Waals surface area contributed by atoms with Crippen LogP contribution in [0.15, 0.2) is 36.4 Å². The first kappa shape index (κ1) is 19.0. The number of thiophene rings is 1. The lowest BCUT2D eigenvalue weighted by atomic mass is 9.96. The van der Waals surface area contributed by atoms with Crippen LogP contribution in [0.25, 0.3) is 0 Å². The lowest BCUT2D eigenvalue weighted by Gasteiger charge is -2.17. The maximum absolute atomic E-state index is 12.5. The van der Waals surface area contributed by atoms with Crippen molar-refractivity contribution in [2.45, 2.75) is 27.3 Å². The normalized spacial score (nSPS) is 13.7. The van der Waals surface area contributed by atoms with Crippen LogP contribution in [0.3, 0.4) is 0 Å². The molecule has 1 aliphatic heterocycles. The van der Waals surface area contributed by atoms with E-state index in [0.29, 0.717) is 22.5 Å². The number of hydrogen-bond donors (Lipinski definition) is 1. The zero-order chi connectivity index (χ0) is 19.8. The van der Waals surface area contributed by atoms with E-state index in [4.69, 9.17) is 0 Å². The van der Waals surface area contributed by atoms with Gasteiger partial charge in [0, 0.05) is 10.3 Å². The van der Waals surface area contributed by atoms with Crippen molar-refractivity contribution in [3.05, 3.63) is 57.3 Å². The van der Waals surface area contributed by atoms with Gasteiger partial charge in [0.25, 0.3) is 11.8 Å². The van der Waals surface area contributed by atoms with Crippen molar-refractivity contribution >= 4 is 34.8 Å². The van der Waals surface area contributed by atoms with E-state index in [1.807, 2.05) is 20.8 Å². The van der Waals surface area contributed by atoms with Gasteiger partial charge in [0.05, 0.1) is 29.1 Å². The minimum atomic E-state index is -0.485. The van der Waals surface area contributed by atoms with Crippen molar-refractivity contribution in [1.29, 1.82) is 0 Å². The van der Waals surface area contributed by atoms with Crippen molar-refractivity contribution in [1.82, 2.24) is 10.2 Å². The van der Waals surface area contributed by atoms with E-state index in [-0.39, 0.29) is 18.2 Å². The highest BCUT2D eigenvalue weighted by atomic mass is 32.1. The molecule has 0 saturated carbocycles. The van der Waals surface area contributed by atoms with Crippen LogP contribution in [0, 0.1) is 5.41 Å². The largest absolute Gasteiger partial charge is 0.351 e. The Hall–Kier alpha value is -2.80. The summed E-state index contributed by atoms with van der Waals surface area (Å²) in [6.07, 6.45) is 0. The molecule has 140 valence electrons. The fourth-order valence-corrected chi connectivity index (χ4v) is 3.54. The van der Waals surface area contributed by atoms with Crippen LogP contribution < -0.4 is 5.32 Å². The standard InChI is InChI=1S/C20H20N2O4S/c1-20(2,3)19(26)21-10-12-8-9-16(27-12)15(23)11-22-17(24)13-6-4-5-7-14(13)18(22)25/h4-9H,10-11H2,1-3H3,(H,21,26). The molecule has 6 nitrogen and oxygen atoms in total. The summed E-state index contributed by atoms with van der Waals surface area (Å²) in [5.74, 6) is -1.27. The van der Waals surface area contributed by atoms with E-state index in [1.165, 1.54) is 11.3 Å². The number of carbonyl (C=O) groups excluding carboxylic acids is 4. The zero-order valence-corrected chi connectivity index (χ0v) is 16.2. The molecular formula is C20H20N2O4S. The molecule has 0 saturated heterocycles. The molecule has 1 aliphatic rings. The Balaban J connectivity index is 1.65. The molecule has 3 rings (SSSR count). The predicted octanol–water partition coefficient (Wildman–Crippen LogP) is 2.89. The maximum Gasteiger partial charge on any atom is 0.261 e. The predicted molar refractivity (Wildman–Crippen MR) is 102 cm³/mol. The highest BCUT2D eigenvalue weighted by molar-refractivity contribution is 7.14. The lowest BCUT2D eigenvalue weighted by Crippen LogP contribution is -2.34. The molecule has 1 aromatic carbocycles. The summed E-state index contributed by atoms with van der Waals surface area (Å²) in [4.78, 5) is 51.4. The number of carbonyl (C=O) groups is 4. The van der Waals surface area contributed by atoms with Crippen molar-refractivity contribution in [2.24, 2.45) is 5.41 Å². The van der Waals surface area contributed by atoms with E-state index < -0.39 is 17.2 Å². The topological polar surface area (TPSA) is 83.6 Å². The van der Waals surface area contributed by atoms with Gasteiger partial charge in [-0.05, 0) is 24.3 Å². The zero-order valence-electron chi connectivity index (χ0n) is 15.4. The van der Waals surface area contributed by atoms with Crippen LogP contribution in [0.1, 0.15) is 56.0 Å². The number of fused-ring (bicyclic) bond motifs is 1. The number of imide groups is 1. The first-order valence-electron chi connectivity index (χ1n) is 8.54. The van der Waals surface area contributed by atoms with Crippen molar-refractivity contribution in [3.8, 4) is 0 Å². The second-order valence-corrected chi connectivity index (χ2v) is 8.53. The molecule has 0 fully saturated rings. The van der Waals surface area contributed by atoms with Gasteiger partial charge in [-0.15, -0.1) is 11.3 Å². The van der Waals surface area contributed by atoms with E-state index in [1.54, 1.807) is 36.4 Å². The number of nitrogens with one attached hydrogen (secondary N) is 1. The third-order valence-corrected chi connectivity index (χ3v) is 5.35. The SMILES string of the molecule is CC(C)(C)C(=O)NCc1ccc(C(=O)CN2C(=O)c3ccccc3C2=O)s1. The minimum Gasteiger partial charge on any atom is -0.351 e. The highest BCUT2D eigenvalue weighted by Gasteiger charge is 2.36. The molecule has 27 heavy (non-hydrogen) atoms. The number of hydrogen-bond acceptors (Lipinski definition) is 5. The summed E-state index contributed by atoms with van der Waals surface area (Å²) in [6.45, 7) is 5.52.